The lowest BCUT2D eigenvalue weighted by molar-refractivity contribution is 0.103. The molecule has 2 aromatic heterocycles. The largest absolute Gasteiger partial charge is 0.334 e. The smallest absolute Gasteiger partial charge is 0.126 e. The van der Waals surface area contributed by atoms with E-state index in [4.69, 9.17) is 4.98 Å². The van der Waals surface area contributed by atoms with Gasteiger partial charge in [-0.1, -0.05) is 6.07 Å². The maximum absolute atomic E-state index is 4.73. The minimum atomic E-state index is 0.370. The summed E-state index contributed by atoms with van der Waals surface area (Å²) < 4.78 is 2.35. The molecule has 5 nitrogen and oxygen atoms in total. The zero-order valence-corrected chi connectivity index (χ0v) is 16.0. The lowest BCUT2D eigenvalue weighted by atomic mass is 9.92. The van der Waals surface area contributed by atoms with Crippen molar-refractivity contribution in [3.05, 3.63) is 47.8 Å². The van der Waals surface area contributed by atoms with Crippen LogP contribution in [0.4, 0.5) is 0 Å². The Morgan fingerprint density at radius 2 is 1.96 bits per heavy atom. The van der Waals surface area contributed by atoms with Gasteiger partial charge in [0.05, 0.1) is 17.8 Å². The highest BCUT2D eigenvalue weighted by Gasteiger charge is 2.33. The molecule has 0 bridgehead atoms. The number of nitrogens with zero attached hydrogens (tertiary/aromatic N) is 5. The Morgan fingerprint density at radius 1 is 1.16 bits per heavy atom. The van der Waals surface area contributed by atoms with E-state index >= 15 is 0 Å². The van der Waals surface area contributed by atoms with Crippen LogP contribution in [0.5, 0.6) is 0 Å². The Labute approximate surface area is 151 Å². The number of rotatable bonds is 6. The first-order valence-corrected chi connectivity index (χ1v) is 9.37. The molecule has 2 atom stereocenters. The molecule has 0 spiro atoms. The van der Waals surface area contributed by atoms with Crippen LogP contribution in [0, 0.1) is 6.92 Å². The fourth-order valence-electron chi connectivity index (χ4n) is 3.98. The van der Waals surface area contributed by atoms with E-state index in [1.54, 1.807) is 0 Å². The third-order valence-electron chi connectivity index (χ3n) is 5.35. The number of hydrogen-bond donors (Lipinski definition) is 0. The molecule has 5 heteroatoms. The zero-order valence-electron chi connectivity index (χ0n) is 16.0. The summed E-state index contributed by atoms with van der Waals surface area (Å²) in [5, 5.41) is 0. The Balaban J connectivity index is 1.77. The van der Waals surface area contributed by atoms with Gasteiger partial charge in [0.25, 0.3) is 0 Å². The first-order valence-electron chi connectivity index (χ1n) is 9.37. The summed E-state index contributed by atoms with van der Waals surface area (Å²) in [4.78, 5) is 14.1. The predicted molar refractivity (Wildman–Crippen MR) is 101 cm³/mol. The molecule has 0 aliphatic carbocycles. The van der Waals surface area contributed by atoms with Crippen LogP contribution in [-0.4, -0.2) is 52.0 Å². The number of hydrogen-bond acceptors (Lipinski definition) is 4. The highest BCUT2D eigenvalue weighted by Crippen LogP contribution is 2.39. The fourth-order valence-corrected chi connectivity index (χ4v) is 3.98. The number of pyridine rings is 1. The Bertz CT molecular complexity index is 678. The van der Waals surface area contributed by atoms with Crippen molar-refractivity contribution >= 4 is 0 Å². The van der Waals surface area contributed by atoms with Crippen LogP contribution in [-0.2, 0) is 6.54 Å². The highest BCUT2D eigenvalue weighted by molar-refractivity contribution is 5.22. The van der Waals surface area contributed by atoms with Crippen LogP contribution in [0.25, 0.3) is 0 Å². The van der Waals surface area contributed by atoms with Crippen LogP contribution >= 0.6 is 0 Å². The first-order chi connectivity index (χ1) is 12.1. The van der Waals surface area contributed by atoms with Gasteiger partial charge in [0.2, 0.25) is 0 Å². The Hall–Kier alpha value is -1.72. The van der Waals surface area contributed by atoms with Crippen molar-refractivity contribution in [1.29, 1.82) is 0 Å². The molecule has 1 fully saturated rings. The van der Waals surface area contributed by atoms with Gasteiger partial charge in [-0.2, -0.15) is 0 Å². The molecule has 0 saturated carbocycles. The zero-order chi connectivity index (χ0) is 17.8. The molecule has 0 aromatic carbocycles. The maximum atomic E-state index is 4.73. The third kappa shape index (κ3) is 4.10. The van der Waals surface area contributed by atoms with Gasteiger partial charge in [-0.05, 0) is 71.9 Å². The fraction of sp³-hybridized carbons (Fsp3) is 0.600. The van der Waals surface area contributed by atoms with Crippen LogP contribution in [0.15, 0.2) is 30.7 Å². The van der Waals surface area contributed by atoms with Crippen molar-refractivity contribution in [1.82, 2.24) is 24.3 Å². The number of imidazole rings is 1. The normalized spacial score (nSPS) is 21.8. The molecule has 25 heavy (non-hydrogen) atoms. The molecular weight excluding hydrogens is 310 g/mol. The number of likely N-dealkylation sites (tertiary alicyclic amines) is 1. The quantitative estimate of drug-likeness (QED) is 0.807. The van der Waals surface area contributed by atoms with E-state index < -0.39 is 0 Å². The van der Waals surface area contributed by atoms with Crippen molar-refractivity contribution in [3.63, 3.8) is 0 Å². The molecule has 0 radical (unpaired) electrons. The van der Waals surface area contributed by atoms with Crippen LogP contribution in [0.3, 0.4) is 0 Å². The Morgan fingerprint density at radius 3 is 2.72 bits per heavy atom. The van der Waals surface area contributed by atoms with E-state index in [2.05, 4.69) is 59.7 Å². The van der Waals surface area contributed by atoms with Gasteiger partial charge in [-0.15, -0.1) is 0 Å². The van der Waals surface area contributed by atoms with Gasteiger partial charge < -0.3 is 9.47 Å². The second-order valence-electron chi connectivity index (χ2n) is 7.47. The number of aromatic nitrogens is 3. The molecule has 0 N–H and O–H groups in total. The van der Waals surface area contributed by atoms with Gasteiger partial charge in [-0.3, -0.25) is 9.88 Å². The minimum Gasteiger partial charge on any atom is -0.334 e. The monoisotopic (exact) mass is 341 g/mol. The van der Waals surface area contributed by atoms with Crippen LogP contribution in [0.2, 0.25) is 0 Å². The van der Waals surface area contributed by atoms with Crippen molar-refractivity contribution in [3.8, 4) is 0 Å². The maximum Gasteiger partial charge on any atom is 0.126 e. The summed E-state index contributed by atoms with van der Waals surface area (Å²) in [6.45, 7) is 4.31. The minimum absolute atomic E-state index is 0.370. The standard InChI is InChI=1S/C20H31N5/c1-16-8-6-11-21-19(16)17-9-5-10-18(24(17)4)20-22-12-15-25(20)14-7-13-23(2)3/h6,8,11-12,15,17-18H,5,7,9-10,13-14H2,1-4H3/t17?,18-/m1/s1. The summed E-state index contributed by atoms with van der Waals surface area (Å²) in [5.41, 5.74) is 2.51. The summed E-state index contributed by atoms with van der Waals surface area (Å²) >= 11 is 0. The second-order valence-corrected chi connectivity index (χ2v) is 7.47. The third-order valence-corrected chi connectivity index (χ3v) is 5.35. The first kappa shape index (κ1) is 18.1. The van der Waals surface area contributed by atoms with Gasteiger partial charge in [0, 0.05) is 25.1 Å². The molecule has 1 unspecified atom stereocenters. The average Bonchev–Trinajstić information content (AvgIpc) is 3.04. The lowest BCUT2D eigenvalue weighted by Crippen LogP contribution is -2.35. The Kier molecular flexibility index (Phi) is 5.86. The van der Waals surface area contributed by atoms with E-state index in [1.807, 2.05) is 18.5 Å². The van der Waals surface area contributed by atoms with Crippen molar-refractivity contribution in [2.45, 2.75) is 51.2 Å². The van der Waals surface area contributed by atoms with E-state index in [1.165, 1.54) is 36.3 Å². The van der Waals surface area contributed by atoms with Gasteiger partial charge >= 0.3 is 0 Å². The number of piperidine rings is 1. The predicted octanol–water partition coefficient (Wildman–Crippen LogP) is 3.44. The summed E-state index contributed by atoms with van der Waals surface area (Å²) in [7, 11) is 6.49. The topological polar surface area (TPSA) is 37.2 Å². The molecule has 3 rings (SSSR count). The van der Waals surface area contributed by atoms with Crippen molar-refractivity contribution < 1.29 is 0 Å². The van der Waals surface area contributed by atoms with Crippen molar-refractivity contribution in [2.24, 2.45) is 0 Å². The molecule has 2 aromatic rings. The number of aryl methyl sites for hydroxylation is 2. The van der Waals surface area contributed by atoms with Crippen molar-refractivity contribution in [2.75, 3.05) is 27.7 Å². The average molecular weight is 342 g/mol. The van der Waals surface area contributed by atoms with Crippen LogP contribution in [0.1, 0.15) is 54.8 Å². The SMILES string of the molecule is Cc1cccnc1C1CCC[C@H](c2nccn2CCCN(C)C)N1C. The van der Waals surface area contributed by atoms with Crippen LogP contribution < -0.4 is 0 Å². The lowest BCUT2D eigenvalue weighted by Gasteiger charge is -2.39. The van der Waals surface area contributed by atoms with E-state index in [-0.39, 0.29) is 0 Å². The highest BCUT2D eigenvalue weighted by atomic mass is 15.2. The molecule has 3 heterocycles. The molecule has 1 aliphatic rings. The molecule has 1 aliphatic heterocycles. The molecule has 136 valence electrons. The van der Waals surface area contributed by atoms with Gasteiger partial charge in [0.1, 0.15) is 5.82 Å². The van der Waals surface area contributed by atoms with Gasteiger partial charge in [-0.25, -0.2) is 4.98 Å². The molecule has 1 saturated heterocycles. The second kappa shape index (κ2) is 8.11. The molecule has 0 amide bonds. The van der Waals surface area contributed by atoms with E-state index in [9.17, 15) is 0 Å². The summed E-state index contributed by atoms with van der Waals surface area (Å²) in [5.74, 6) is 1.21. The van der Waals surface area contributed by atoms with E-state index in [0.717, 1.165) is 19.5 Å². The molecular formula is C20H31N5. The van der Waals surface area contributed by atoms with Gasteiger partial charge in [0.15, 0.2) is 0 Å². The summed E-state index contributed by atoms with van der Waals surface area (Å²) in [6.07, 6.45) is 10.7. The summed E-state index contributed by atoms with van der Waals surface area (Å²) in [6, 6.07) is 4.94. The van der Waals surface area contributed by atoms with E-state index in [0.29, 0.717) is 12.1 Å².